The Morgan fingerprint density at radius 2 is 1.85 bits per heavy atom. The van der Waals surface area contributed by atoms with Crippen LogP contribution >= 0.6 is 0 Å². The van der Waals surface area contributed by atoms with Gasteiger partial charge in [0.15, 0.2) is 0 Å². The van der Waals surface area contributed by atoms with Gasteiger partial charge in [0.1, 0.15) is 0 Å². The van der Waals surface area contributed by atoms with Gasteiger partial charge in [0, 0.05) is 26.2 Å². The molecular weight excluding hydrogens is 360 g/mol. The van der Waals surface area contributed by atoms with Crippen molar-refractivity contribution in [2.75, 3.05) is 19.7 Å². The highest BCUT2D eigenvalue weighted by Crippen LogP contribution is 2.14. The number of ether oxygens (including phenoxy) is 1. The molecule has 0 radical (unpaired) electrons. The lowest BCUT2D eigenvalue weighted by Gasteiger charge is -2.11. The van der Waals surface area contributed by atoms with Gasteiger partial charge < -0.3 is 10.1 Å². The molecule has 0 amide bonds. The molecule has 144 valence electrons. The fraction of sp³-hybridized carbons (Fsp3) is 0.333. The largest absolute Gasteiger partial charge is 0.377 e. The first kappa shape index (κ1) is 19.8. The summed E-state index contributed by atoms with van der Waals surface area (Å²) in [5, 5.41) is 3.32. The van der Waals surface area contributed by atoms with Crippen LogP contribution in [-0.4, -0.2) is 34.2 Å². The number of benzene rings is 2. The smallest absolute Gasteiger partial charge is 0.240 e. The quantitative estimate of drug-likeness (QED) is 0.650. The third kappa shape index (κ3) is 6.29. The number of nitrogens with one attached hydrogen (secondary N) is 2. The average Bonchev–Trinajstić information content (AvgIpc) is 3.21. The number of hydrogen-bond acceptors (Lipinski definition) is 4. The second kappa shape index (κ2) is 9.80. The molecule has 1 saturated heterocycles. The maximum atomic E-state index is 12.3. The van der Waals surface area contributed by atoms with Gasteiger partial charge in [-0.25, -0.2) is 13.1 Å². The number of hydrogen-bond donors (Lipinski definition) is 2. The van der Waals surface area contributed by atoms with Gasteiger partial charge in [-0.15, -0.1) is 0 Å². The minimum Gasteiger partial charge on any atom is -0.377 e. The molecule has 1 aliphatic rings. The molecule has 0 spiro atoms. The standard InChI is InChI=1S/C21H26N2O3S/c24-27(25,23-17-20-9-5-15-26-20)21-12-10-19(11-13-21)16-22-14-4-8-18-6-2-1-3-7-18/h1-4,6-8,10-13,20,22-23H,5,9,14-17H2/b8-4+. The summed E-state index contributed by atoms with van der Waals surface area (Å²) in [6, 6.07) is 17.1. The van der Waals surface area contributed by atoms with E-state index in [0.29, 0.717) is 19.7 Å². The molecule has 2 N–H and O–H groups in total. The van der Waals surface area contributed by atoms with E-state index < -0.39 is 10.0 Å². The summed E-state index contributed by atoms with van der Waals surface area (Å²) in [5.41, 5.74) is 2.21. The van der Waals surface area contributed by atoms with Crippen LogP contribution in [0.3, 0.4) is 0 Å². The van der Waals surface area contributed by atoms with E-state index in [1.165, 1.54) is 5.56 Å². The molecule has 2 aromatic carbocycles. The van der Waals surface area contributed by atoms with Crippen LogP contribution in [0.4, 0.5) is 0 Å². The zero-order chi connectivity index (χ0) is 19.0. The molecule has 1 fully saturated rings. The Kier molecular flexibility index (Phi) is 7.18. The van der Waals surface area contributed by atoms with Crippen molar-refractivity contribution in [2.45, 2.75) is 30.4 Å². The van der Waals surface area contributed by atoms with Crippen LogP contribution < -0.4 is 10.0 Å². The Hall–Kier alpha value is -1.99. The van der Waals surface area contributed by atoms with Gasteiger partial charge in [0.25, 0.3) is 0 Å². The minimum absolute atomic E-state index is 0.00723. The van der Waals surface area contributed by atoms with Gasteiger partial charge in [0.05, 0.1) is 11.0 Å². The first-order chi connectivity index (χ1) is 13.1. The topological polar surface area (TPSA) is 67.4 Å². The highest BCUT2D eigenvalue weighted by molar-refractivity contribution is 7.89. The van der Waals surface area contributed by atoms with Crippen molar-refractivity contribution in [2.24, 2.45) is 0 Å². The van der Waals surface area contributed by atoms with Crippen LogP contribution in [0, 0.1) is 0 Å². The molecule has 0 aliphatic carbocycles. The first-order valence-corrected chi connectivity index (χ1v) is 10.7. The minimum atomic E-state index is -3.49. The SMILES string of the molecule is O=S(=O)(NCC1CCCO1)c1ccc(CNC/C=C/c2ccccc2)cc1. The zero-order valence-electron chi connectivity index (χ0n) is 15.3. The lowest BCUT2D eigenvalue weighted by Crippen LogP contribution is -2.31. The van der Waals surface area contributed by atoms with E-state index in [-0.39, 0.29) is 11.0 Å². The predicted octanol–water partition coefficient (Wildman–Crippen LogP) is 2.95. The molecule has 1 atom stereocenters. The van der Waals surface area contributed by atoms with Gasteiger partial charge in [-0.3, -0.25) is 0 Å². The van der Waals surface area contributed by atoms with Crippen molar-refractivity contribution in [3.63, 3.8) is 0 Å². The molecule has 27 heavy (non-hydrogen) atoms. The van der Waals surface area contributed by atoms with E-state index in [0.717, 1.165) is 24.9 Å². The van der Waals surface area contributed by atoms with Crippen LogP contribution in [0.25, 0.3) is 6.08 Å². The van der Waals surface area contributed by atoms with Gasteiger partial charge in [-0.2, -0.15) is 0 Å². The number of rotatable bonds is 9. The normalized spacial score (nSPS) is 17.6. The van der Waals surface area contributed by atoms with Crippen LogP contribution in [0.2, 0.25) is 0 Å². The van der Waals surface area contributed by atoms with E-state index in [1.54, 1.807) is 12.1 Å². The Bertz CT molecular complexity index is 827. The summed E-state index contributed by atoms with van der Waals surface area (Å²) >= 11 is 0. The molecule has 3 rings (SSSR count). The predicted molar refractivity (Wildman–Crippen MR) is 108 cm³/mol. The molecule has 1 unspecified atom stereocenters. The van der Waals surface area contributed by atoms with Gasteiger partial charge in [-0.1, -0.05) is 54.6 Å². The van der Waals surface area contributed by atoms with Crippen molar-refractivity contribution >= 4 is 16.1 Å². The van der Waals surface area contributed by atoms with Crippen molar-refractivity contribution in [3.8, 4) is 0 Å². The van der Waals surface area contributed by atoms with Crippen molar-refractivity contribution in [1.82, 2.24) is 10.0 Å². The highest BCUT2D eigenvalue weighted by Gasteiger charge is 2.20. The maximum Gasteiger partial charge on any atom is 0.240 e. The maximum absolute atomic E-state index is 12.3. The molecule has 0 saturated carbocycles. The molecule has 1 heterocycles. The molecule has 5 nitrogen and oxygen atoms in total. The molecule has 2 aromatic rings. The average molecular weight is 387 g/mol. The molecule has 0 bridgehead atoms. The zero-order valence-corrected chi connectivity index (χ0v) is 16.1. The summed E-state index contributed by atoms with van der Waals surface area (Å²) in [6.45, 7) is 2.48. The highest BCUT2D eigenvalue weighted by atomic mass is 32.2. The lowest BCUT2D eigenvalue weighted by atomic mass is 10.2. The second-order valence-corrected chi connectivity index (χ2v) is 8.34. The van der Waals surface area contributed by atoms with Crippen molar-refractivity contribution in [3.05, 3.63) is 71.8 Å². The summed E-state index contributed by atoms with van der Waals surface area (Å²) < 4.78 is 32.8. The first-order valence-electron chi connectivity index (χ1n) is 9.26. The summed E-state index contributed by atoms with van der Waals surface area (Å²) in [7, 11) is -3.49. The monoisotopic (exact) mass is 386 g/mol. The second-order valence-electron chi connectivity index (χ2n) is 6.57. The van der Waals surface area contributed by atoms with E-state index in [1.807, 2.05) is 30.3 Å². The van der Waals surface area contributed by atoms with E-state index in [4.69, 9.17) is 4.74 Å². The van der Waals surface area contributed by atoms with Gasteiger partial charge in [-0.05, 0) is 36.1 Å². The number of sulfonamides is 1. The summed E-state index contributed by atoms with van der Waals surface area (Å²) in [4.78, 5) is 0.285. The Morgan fingerprint density at radius 3 is 2.56 bits per heavy atom. The third-order valence-corrected chi connectivity index (χ3v) is 5.90. The van der Waals surface area contributed by atoms with Crippen LogP contribution in [0.15, 0.2) is 65.6 Å². The van der Waals surface area contributed by atoms with E-state index >= 15 is 0 Å². The van der Waals surface area contributed by atoms with Gasteiger partial charge in [0.2, 0.25) is 10.0 Å². The van der Waals surface area contributed by atoms with E-state index in [2.05, 4.69) is 34.3 Å². The van der Waals surface area contributed by atoms with Crippen LogP contribution in [-0.2, 0) is 21.3 Å². The molecular formula is C21H26N2O3S. The summed E-state index contributed by atoms with van der Waals surface area (Å²) in [5.74, 6) is 0. The molecule has 1 aliphatic heterocycles. The van der Waals surface area contributed by atoms with Crippen molar-refractivity contribution in [1.29, 1.82) is 0 Å². The molecule has 6 heteroatoms. The van der Waals surface area contributed by atoms with Crippen LogP contribution in [0.5, 0.6) is 0 Å². The third-order valence-electron chi connectivity index (χ3n) is 4.46. The summed E-state index contributed by atoms with van der Waals surface area (Å²) in [6.07, 6.45) is 6.04. The Balaban J connectivity index is 1.44. The van der Waals surface area contributed by atoms with Gasteiger partial charge >= 0.3 is 0 Å². The fourth-order valence-electron chi connectivity index (χ4n) is 2.94. The Labute approximate surface area is 161 Å². The molecule has 0 aromatic heterocycles. The lowest BCUT2D eigenvalue weighted by molar-refractivity contribution is 0.114. The Morgan fingerprint density at radius 1 is 1.07 bits per heavy atom. The van der Waals surface area contributed by atoms with Crippen LogP contribution in [0.1, 0.15) is 24.0 Å². The van der Waals surface area contributed by atoms with E-state index in [9.17, 15) is 8.42 Å². The van der Waals surface area contributed by atoms with Crippen molar-refractivity contribution < 1.29 is 13.2 Å². The fourth-order valence-corrected chi connectivity index (χ4v) is 4.00.